The van der Waals surface area contributed by atoms with Gasteiger partial charge in [0.15, 0.2) is 11.5 Å². The Hall–Kier alpha value is -1.23. The first-order valence-corrected chi connectivity index (χ1v) is 8.28. The van der Waals surface area contributed by atoms with E-state index in [2.05, 4.69) is 21.2 Å². The normalized spacial score (nSPS) is 10.5. The number of hydrogen-bond acceptors (Lipinski definition) is 3. The van der Waals surface area contributed by atoms with Crippen LogP contribution in [0.15, 0.2) is 40.9 Å². The van der Waals surface area contributed by atoms with Crippen molar-refractivity contribution in [2.24, 2.45) is 0 Å². The molecule has 0 saturated heterocycles. The van der Waals surface area contributed by atoms with E-state index in [9.17, 15) is 0 Å². The number of ether oxygens (including phenoxy) is 2. The highest BCUT2D eigenvalue weighted by Crippen LogP contribution is 2.34. The van der Waals surface area contributed by atoms with E-state index in [1.807, 2.05) is 50.4 Å². The predicted octanol–water partition coefficient (Wildman–Crippen LogP) is 4.80. The lowest BCUT2D eigenvalue weighted by atomic mass is 10.2. The molecule has 0 aliphatic carbocycles. The summed E-state index contributed by atoms with van der Waals surface area (Å²) in [6.45, 7) is 3.70. The molecule has 0 atom stereocenters. The molecule has 0 fully saturated rings. The van der Waals surface area contributed by atoms with Crippen LogP contribution < -0.4 is 14.8 Å². The largest absolute Gasteiger partial charge is 0.490 e. The van der Waals surface area contributed by atoms with Crippen LogP contribution in [0.4, 0.5) is 0 Å². The summed E-state index contributed by atoms with van der Waals surface area (Å²) in [4.78, 5) is 0. The highest BCUT2D eigenvalue weighted by Gasteiger charge is 2.11. The molecule has 1 N–H and O–H groups in total. The summed E-state index contributed by atoms with van der Waals surface area (Å²) in [7, 11) is 1.91. The maximum absolute atomic E-state index is 6.16. The smallest absolute Gasteiger partial charge is 0.162 e. The molecule has 118 valence electrons. The molecule has 0 aliphatic heterocycles. The van der Waals surface area contributed by atoms with Gasteiger partial charge in [0.25, 0.3) is 0 Å². The Balaban J connectivity index is 2.22. The quantitative estimate of drug-likeness (QED) is 0.744. The van der Waals surface area contributed by atoms with Crippen LogP contribution in [0.1, 0.15) is 18.1 Å². The van der Waals surface area contributed by atoms with E-state index < -0.39 is 0 Å². The third-order valence-electron chi connectivity index (χ3n) is 3.12. The zero-order valence-electron chi connectivity index (χ0n) is 12.7. The SMILES string of the molecule is CCOc1cc(CNC)c(Br)cc1OCc1ccccc1Cl. The number of benzene rings is 2. The van der Waals surface area contributed by atoms with Crippen LogP contribution in [0.2, 0.25) is 5.02 Å². The van der Waals surface area contributed by atoms with Crippen molar-refractivity contribution in [2.45, 2.75) is 20.1 Å². The van der Waals surface area contributed by atoms with Gasteiger partial charge in [-0.3, -0.25) is 0 Å². The second-order valence-corrected chi connectivity index (χ2v) is 6.00. The summed E-state index contributed by atoms with van der Waals surface area (Å²) in [5, 5.41) is 3.84. The first-order chi connectivity index (χ1) is 10.7. The van der Waals surface area contributed by atoms with Gasteiger partial charge in [-0.15, -0.1) is 0 Å². The van der Waals surface area contributed by atoms with Crippen molar-refractivity contribution in [1.29, 1.82) is 0 Å². The van der Waals surface area contributed by atoms with E-state index in [-0.39, 0.29) is 0 Å². The molecular formula is C17H19BrClNO2. The topological polar surface area (TPSA) is 30.5 Å². The highest BCUT2D eigenvalue weighted by molar-refractivity contribution is 9.10. The molecule has 5 heteroatoms. The summed E-state index contributed by atoms with van der Waals surface area (Å²) < 4.78 is 12.6. The zero-order chi connectivity index (χ0) is 15.9. The second kappa shape index (κ2) is 8.42. The summed E-state index contributed by atoms with van der Waals surface area (Å²) >= 11 is 9.73. The third-order valence-corrected chi connectivity index (χ3v) is 4.23. The van der Waals surface area contributed by atoms with Crippen LogP contribution in [0, 0.1) is 0 Å². The van der Waals surface area contributed by atoms with Crippen molar-refractivity contribution in [3.63, 3.8) is 0 Å². The minimum atomic E-state index is 0.400. The Kier molecular flexibility index (Phi) is 6.55. The van der Waals surface area contributed by atoms with E-state index in [0.29, 0.717) is 24.0 Å². The Morgan fingerprint density at radius 2 is 1.82 bits per heavy atom. The molecule has 0 bridgehead atoms. The van der Waals surface area contributed by atoms with Crippen LogP contribution in [0.25, 0.3) is 0 Å². The molecule has 2 aromatic carbocycles. The first-order valence-electron chi connectivity index (χ1n) is 7.11. The van der Waals surface area contributed by atoms with Gasteiger partial charge in [0.2, 0.25) is 0 Å². The monoisotopic (exact) mass is 383 g/mol. The minimum absolute atomic E-state index is 0.400. The lowest BCUT2D eigenvalue weighted by Gasteiger charge is -2.15. The van der Waals surface area contributed by atoms with E-state index in [4.69, 9.17) is 21.1 Å². The molecule has 2 aromatic rings. The predicted molar refractivity (Wildman–Crippen MR) is 93.9 cm³/mol. The molecule has 0 heterocycles. The second-order valence-electron chi connectivity index (χ2n) is 4.73. The summed E-state index contributed by atoms with van der Waals surface area (Å²) in [6.07, 6.45) is 0. The van der Waals surface area contributed by atoms with Crippen molar-refractivity contribution < 1.29 is 9.47 Å². The minimum Gasteiger partial charge on any atom is -0.490 e. The van der Waals surface area contributed by atoms with Crippen molar-refractivity contribution >= 4 is 27.5 Å². The Morgan fingerprint density at radius 3 is 2.50 bits per heavy atom. The van der Waals surface area contributed by atoms with Gasteiger partial charge in [0, 0.05) is 21.6 Å². The lowest BCUT2D eigenvalue weighted by Crippen LogP contribution is -2.07. The van der Waals surface area contributed by atoms with Gasteiger partial charge < -0.3 is 14.8 Å². The van der Waals surface area contributed by atoms with Crippen LogP contribution in [0.3, 0.4) is 0 Å². The van der Waals surface area contributed by atoms with Crippen LogP contribution in [-0.2, 0) is 13.2 Å². The molecule has 0 saturated carbocycles. The van der Waals surface area contributed by atoms with Crippen molar-refractivity contribution in [2.75, 3.05) is 13.7 Å². The fourth-order valence-corrected chi connectivity index (χ4v) is 2.71. The van der Waals surface area contributed by atoms with Gasteiger partial charge in [-0.2, -0.15) is 0 Å². The van der Waals surface area contributed by atoms with Gasteiger partial charge in [0.1, 0.15) is 6.61 Å². The number of nitrogens with one attached hydrogen (secondary N) is 1. The number of hydrogen-bond donors (Lipinski definition) is 1. The average molecular weight is 385 g/mol. The van der Waals surface area contributed by atoms with E-state index >= 15 is 0 Å². The molecule has 0 radical (unpaired) electrons. The molecule has 2 rings (SSSR count). The average Bonchev–Trinajstić information content (AvgIpc) is 2.50. The molecule has 0 aromatic heterocycles. The maximum atomic E-state index is 6.16. The van der Waals surface area contributed by atoms with Crippen molar-refractivity contribution in [3.8, 4) is 11.5 Å². The molecule has 3 nitrogen and oxygen atoms in total. The van der Waals surface area contributed by atoms with Crippen LogP contribution in [0.5, 0.6) is 11.5 Å². The summed E-state index contributed by atoms with van der Waals surface area (Å²) in [5.74, 6) is 1.44. The van der Waals surface area contributed by atoms with Crippen molar-refractivity contribution in [3.05, 3.63) is 57.0 Å². The van der Waals surface area contributed by atoms with Gasteiger partial charge in [-0.1, -0.05) is 45.7 Å². The van der Waals surface area contributed by atoms with E-state index in [1.165, 1.54) is 0 Å². The summed E-state index contributed by atoms with van der Waals surface area (Å²) in [5.41, 5.74) is 2.07. The van der Waals surface area contributed by atoms with Crippen molar-refractivity contribution in [1.82, 2.24) is 5.32 Å². The molecule has 0 unspecified atom stereocenters. The Bertz CT molecular complexity index is 634. The van der Waals surface area contributed by atoms with Crippen LogP contribution in [-0.4, -0.2) is 13.7 Å². The standard InChI is InChI=1S/C17H19BrClNO2/c1-3-21-16-8-13(10-20-2)14(18)9-17(16)22-11-12-6-4-5-7-15(12)19/h4-9,20H,3,10-11H2,1-2H3. The van der Waals surface area contributed by atoms with Crippen LogP contribution >= 0.6 is 27.5 Å². The van der Waals surface area contributed by atoms with E-state index in [1.54, 1.807) is 0 Å². The maximum Gasteiger partial charge on any atom is 0.162 e. The molecule has 22 heavy (non-hydrogen) atoms. The first kappa shape index (κ1) is 17.1. The summed E-state index contributed by atoms with van der Waals surface area (Å²) in [6, 6.07) is 11.6. The van der Waals surface area contributed by atoms with Gasteiger partial charge in [-0.05, 0) is 37.7 Å². The van der Waals surface area contributed by atoms with Gasteiger partial charge in [-0.25, -0.2) is 0 Å². The van der Waals surface area contributed by atoms with E-state index in [0.717, 1.165) is 27.9 Å². The van der Waals surface area contributed by atoms with Gasteiger partial charge in [0.05, 0.1) is 6.61 Å². The Morgan fingerprint density at radius 1 is 1.09 bits per heavy atom. The molecule has 0 aliphatic rings. The number of halogens is 2. The molecular weight excluding hydrogens is 366 g/mol. The zero-order valence-corrected chi connectivity index (χ0v) is 15.0. The number of rotatable bonds is 7. The fourth-order valence-electron chi connectivity index (χ4n) is 2.06. The fraction of sp³-hybridized carbons (Fsp3) is 0.294. The van der Waals surface area contributed by atoms with Gasteiger partial charge >= 0.3 is 0 Å². The third kappa shape index (κ3) is 4.38. The molecule has 0 spiro atoms. The Labute approximate surface area is 144 Å². The lowest BCUT2D eigenvalue weighted by molar-refractivity contribution is 0.269. The molecule has 0 amide bonds. The highest BCUT2D eigenvalue weighted by atomic mass is 79.9.